The first-order valence-corrected chi connectivity index (χ1v) is 24.7. The Morgan fingerprint density at radius 1 is 0.791 bits per heavy atom. The number of amides is 3. The summed E-state index contributed by atoms with van der Waals surface area (Å²) in [6, 6.07) is 9.66. The first kappa shape index (κ1) is 46.7. The molecule has 4 aromatic rings. The van der Waals surface area contributed by atoms with E-state index in [1.165, 1.54) is 77.9 Å². The van der Waals surface area contributed by atoms with Gasteiger partial charge in [-0.1, -0.05) is 12.8 Å². The highest BCUT2D eigenvalue weighted by molar-refractivity contribution is 6.05. The van der Waals surface area contributed by atoms with Crippen LogP contribution in [0, 0.1) is 24.7 Å². The fourth-order valence-corrected chi connectivity index (χ4v) is 12.0. The number of hydrogen-bond acceptors (Lipinski definition) is 12. The third-order valence-electron chi connectivity index (χ3n) is 15.9. The number of aromatic nitrogens is 4. The van der Waals surface area contributed by atoms with Gasteiger partial charge in [0.15, 0.2) is 5.78 Å². The molecule has 16 heteroatoms. The van der Waals surface area contributed by atoms with Crippen molar-refractivity contribution in [2.24, 2.45) is 17.8 Å². The maximum atomic E-state index is 13.6. The van der Waals surface area contributed by atoms with Gasteiger partial charge in [0.25, 0.3) is 11.5 Å². The summed E-state index contributed by atoms with van der Waals surface area (Å²) < 4.78 is 1.74. The molecule has 356 valence electrons. The number of pyridine rings is 2. The summed E-state index contributed by atoms with van der Waals surface area (Å²) >= 11 is 0. The van der Waals surface area contributed by atoms with E-state index in [9.17, 15) is 24.0 Å². The van der Waals surface area contributed by atoms with Crippen LogP contribution >= 0.6 is 12.4 Å². The molecule has 8 heterocycles. The average molecular weight is 934 g/mol. The van der Waals surface area contributed by atoms with Gasteiger partial charge in [0.2, 0.25) is 17.8 Å². The Morgan fingerprint density at radius 3 is 2.13 bits per heavy atom. The average Bonchev–Trinajstić information content (AvgIpc) is 3.97. The van der Waals surface area contributed by atoms with E-state index in [-0.39, 0.29) is 59.5 Å². The van der Waals surface area contributed by atoms with Crippen LogP contribution in [0.2, 0.25) is 0 Å². The third kappa shape index (κ3) is 9.81. The van der Waals surface area contributed by atoms with Crippen LogP contribution in [0.3, 0.4) is 0 Å². The van der Waals surface area contributed by atoms with Crippen LogP contribution in [0.1, 0.15) is 135 Å². The van der Waals surface area contributed by atoms with E-state index in [4.69, 9.17) is 9.97 Å². The summed E-state index contributed by atoms with van der Waals surface area (Å²) in [5.74, 6) is 2.37. The van der Waals surface area contributed by atoms with Crippen molar-refractivity contribution in [3.63, 3.8) is 0 Å². The minimum Gasteiger partial charge on any atom is -0.372 e. The Balaban J connectivity index is 0.00000562. The molecule has 1 atom stereocenters. The Bertz CT molecular complexity index is 2560. The summed E-state index contributed by atoms with van der Waals surface area (Å²) in [4.78, 5) is 86.8. The Hall–Kier alpha value is -5.41. The lowest BCUT2D eigenvalue weighted by atomic mass is 9.82. The number of anilines is 4. The van der Waals surface area contributed by atoms with Crippen molar-refractivity contribution in [2.75, 3.05) is 60.9 Å². The molecular weight excluding hydrogens is 868 g/mol. The van der Waals surface area contributed by atoms with Gasteiger partial charge in [0, 0.05) is 68.0 Å². The van der Waals surface area contributed by atoms with Crippen molar-refractivity contribution < 1.29 is 19.2 Å². The molecule has 1 unspecified atom stereocenters. The van der Waals surface area contributed by atoms with E-state index in [0.717, 1.165) is 91.9 Å². The Morgan fingerprint density at radius 2 is 1.46 bits per heavy atom. The number of benzene rings is 1. The Labute approximate surface area is 398 Å². The van der Waals surface area contributed by atoms with Gasteiger partial charge in [-0.3, -0.25) is 33.9 Å². The van der Waals surface area contributed by atoms with Crippen LogP contribution < -0.4 is 26.0 Å². The molecule has 3 aromatic heterocycles. The molecule has 10 rings (SSSR count). The number of carbonyl (C=O) groups is 4. The number of fused-ring (bicyclic) bond motifs is 2. The Kier molecular flexibility index (Phi) is 14.0. The third-order valence-corrected chi connectivity index (χ3v) is 15.9. The number of halogens is 1. The lowest BCUT2D eigenvalue weighted by Crippen LogP contribution is -2.52. The second-order valence-corrected chi connectivity index (χ2v) is 20.0. The fraction of sp³-hybridized carbons (Fsp3) is 0.569. The molecule has 15 nitrogen and oxygen atoms in total. The number of nitrogens with zero attached hydrogens (tertiary/aromatic N) is 8. The number of ketones is 1. The van der Waals surface area contributed by atoms with Gasteiger partial charge in [-0.2, -0.15) is 4.98 Å². The largest absolute Gasteiger partial charge is 0.372 e. The fourth-order valence-electron chi connectivity index (χ4n) is 12.0. The van der Waals surface area contributed by atoms with E-state index >= 15 is 0 Å². The predicted octanol–water partition coefficient (Wildman–Crippen LogP) is 7.36. The zero-order valence-corrected chi connectivity index (χ0v) is 39.8. The molecule has 6 aliphatic rings. The second kappa shape index (κ2) is 20.0. The highest BCUT2D eigenvalue weighted by Gasteiger charge is 2.39. The van der Waals surface area contributed by atoms with Gasteiger partial charge in [0.05, 0.1) is 17.4 Å². The van der Waals surface area contributed by atoms with E-state index in [0.29, 0.717) is 41.5 Å². The number of imide groups is 1. The summed E-state index contributed by atoms with van der Waals surface area (Å²) in [7, 11) is 0. The molecular formula is C51H65ClN10O5. The van der Waals surface area contributed by atoms with Gasteiger partial charge < -0.3 is 24.9 Å². The van der Waals surface area contributed by atoms with Gasteiger partial charge in [-0.15, -0.1) is 12.4 Å². The summed E-state index contributed by atoms with van der Waals surface area (Å²) in [6.07, 6.45) is 18.2. The zero-order chi connectivity index (χ0) is 45.5. The van der Waals surface area contributed by atoms with Crippen molar-refractivity contribution in [2.45, 2.75) is 122 Å². The number of hydrogen-bond donors (Lipinski definition) is 2. The minimum absolute atomic E-state index is 0. The van der Waals surface area contributed by atoms with Crippen LogP contribution in [0.5, 0.6) is 0 Å². The molecule has 0 bridgehead atoms. The summed E-state index contributed by atoms with van der Waals surface area (Å²) in [6.45, 7) is 11.4. The minimum atomic E-state index is -0.582. The standard InChI is InChI=1S/C51H64N10O5.ClH/c1-32-42-30-53-51(56-47(42)61(38-5-3-4-6-38)50(66)46(32)33(2)62)54-44-11-8-40(29-52-44)59-23-16-34(17-24-59)13-20-57-21-14-35(15-22-57)27-36-18-25-58(26-19-36)39-7-9-41-37(28-39)31-60(49(41)65)43-10-12-45(63)55-48(43)64;/h7-9,11,28-30,34-36,38,43H,3-6,10,12-27,31H2,1-2H3,(H,55,63,64)(H,52,53,54,56);1H. The molecule has 1 aromatic carbocycles. The summed E-state index contributed by atoms with van der Waals surface area (Å²) in [5.41, 5.74) is 5.11. The van der Waals surface area contributed by atoms with Crippen LogP contribution in [0.15, 0.2) is 47.5 Å². The predicted molar refractivity (Wildman–Crippen MR) is 262 cm³/mol. The number of aryl methyl sites for hydroxylation is 1. The van der Waals surface area contributed by atoms with Crippen LogP contribution in [0.25, 0.3) is 11.0 Å². The maximum Gasteiger partial charge on any atom is 0.263 e. The SMILES string of the molecule is CC(=O)c1c(C)c2cnc(Nc3ccc(N4CCC(CCN5CCC(CC6CCN(c7ccc8c(c7)CN(C7CCC(=O)NC7=O)C8=O)CC6)CC5)CC4)cn3)nc2n(C2CCCC2)c1=O.Cl. The van der Waals surface area contributed by atoms with Gasteiger partial charge in [0.1, 0.15) is 17.5 Å². The van der Waals surface area contributed by atoms with Crippen LogP contribution in [-0.2, 0) is 16.1 Å². The molecule has 0 spiro atoms. The first-order chi connectivity index (χ1) is 32.1. The number of nitrogens with one attached hydrogen (secondary N) is 2. The number of rotatable bonds is 12. The number of likely N-dealkylation sites (tertiary alicyclic amines) is 1. The van der Waals surface area contributed by atoms with Gasteiger partial charge in [-0.25, -0.2) is 9.97 Å². The van der Waals surface area contributed by atoms with Crippen molar-refractivity contribution in [3.05, 3.63) is 75.3 Å². The second-order valence-electron chi connectivity index (χ2n) is 20.0. The van der Waals surface area contributed by atoms with Crippen LogP contribution in [0.4, 0.5) is 23.1 Å². The molecule has 1 aliphatic carbocycles. The molecule has 1 saturated carbocycles. The topological polar surface area (TPSA) is 166 Å². The van der Waals surface area contributed by atoms with Gasteiger partial charge >= 0.3 is 0 Å². The number of piperidine rings is 4. The smallest absolute Gasteiger partial charge is 0.263 e. The van der Waals surface area contributed by atoms with E-state index < -0.39 is 6.04 Å². The van der Waals surface area contributed by atoms with Crippen LogP contribution in [-0.4, -0.2) is 105 Å². The quantitative estimate of drug-likeness (QED) is 0.107. The molecule has 67 heavy (non-hydrogen) atoms. The normalized spacial score (nSPS) is 21.5. The van der Waals surface area contributed by atoms with Gasteiger partial charge in [-0.05, 0) is 163 Å². The van der Waals surface area contributed by atoms with Crippen molar-refractivity contribution in [1.82, 2.24) is 34.6 Å². The molecule has 4 saturated heterocycles. The maximum absolute atomic E-state index is 13.6. The molecule has 5 fully saturated rings. The monoisotopic (exact) mass is 932 g/mol. The number of Topliss-reactive ketones (excluding diaryl/α,β-unsaturated/α-hetero) is 1. The molecule has 5 aliphatic heterocycles. The zero-order valence-electron chi connectivity index (χ0n) is 39.0. The lowest BCUT2D eigenvalue weighted by Gasteiger charge is -2.38. The number of carbonyl (C=O) groups excluding carboxylic acids is 4. The molecule has 2 N–H and O–H groups in total. The molecule has 0 radical (unpaired) electrons. The molecule has 3 amide bonds. The highest BCUT2D eigenvalue weighted by atomic mass is 35.5. The summed E-state index contributed by atoms with van der Waals surface area (Å²) in [5, 5.41) is 6.38. The van der Waals surface area contributed by atoms with Crippen molar-refractivity contribution >= 4 is 70.1 Å². The van der Waals surface area contributed by atoms with Crippen molar-refractivity contribution in [1.29, 1.82) is 0 Å². The lowest BCUT2D eigenvalue weighted by molar-refractivity contribution is -0.136. The van der Waals surface area contributed by atoms with E-state index in [1.54, 1.807) is 15.7 Å². The highest BCUT2D eigenvalue weighted by Crippen LogP contribution is 2.36. The first-order valence-electron chi connectivity index (χ1n) is 24.7. The van der Waals surface area contributed by atoms with E-state index in [2.05, 4.69) is 48.5 Å². The van der Waals surface area contributed by atoms with Crippen molar-refractivity contribution in [3.8, 4) is 0 Å². The van der Waals surface area contributed by atoms with E-state index in [1.807, 2.05) is 25.3 Å².